The molecule has 8 nitrogen and oxygen atoms in total. The van der Waals surface area contributed by atoms with Crippen molar-refractivity contribution >= 4 is 5.97 Å². The van der Waals surface area contributed by atoms with E-state index in [1.54, 1.807) is 18.2 Å². The molecule has 4 aliphatic rings. The van der Waals surface area contributed by atoms with Crippen LogP contribution in [-0.2, 0) is 22.9 Å². The van der Waals surface area contributed by atoms with Crippen LogP contribution in [0.2, 0.25) is 0 Å². The van der Waals surface area contributed by atoms with E-state index in [4.69, 9.17) is 13.8 Å². The normalized spacial score (nSPS) is 23.8. The number of halogens is 3. The molecule has 0 atom stereocenters. The van der Waals surface area contributed by atoms with Gasteiger partial charge in [-0.15, -0.1) is 0 Å². The lowest BCUT2D eigenvalue weighted by Gasteiger charge is -2.51. The lowest BCUT2D eigenvalue weighted by molar-refractivity contribution is -0.137. The molecule has 11 heteroatoms. The summed E-state index contributed by atoms with van der Waals surface area (Å²) in [6.45, 7) is 0.135. The zero-order valence-corrected chi connectivity index (χ0v) is 22.6. The summed E-state index contributed by atoms with van der Waals surface area (Å²) in [4.78, 5) is 16.0. The predicted octanol–water partition coefficient (Wildman–Crippen LogP) is 7.55. The van der Waals surface area contributed by atoms with Gasteiger partial charge in [-0.2, -0.15) is 18.2 Å². The third-order valence-corrected chi connectivity index (χ3v) is 9.21. The second kappa shape index (κ2) is 9.79. The Balaban J connectivity index is 1.09. The topological polar surface area (TPSA) is 111 Å². The number of fused-ring (bicyclic) bond motifs is 3. The van der Waals surface area contributed by atoms with Gasteiger partial charge in [-0.25, -0.2) is 4.79 Å². The molecule has 4 aliphatic carbocycles. The molecule has 4 fully saturated rings. The van der Waals surface area contributed by atoms with Gasteiger partial charge in [-0.05, 0) is 75.6 Å². The molecule has 0 unspecified atom stereocenters. The second-order valence-electron chi connectivity index (χ2n) is 11.8. The van der Waals surface area contributed by atoms with E-state index in [1.807, 2.05) is 0 Å². The van der Waals surface area contributed by atoms with Gasteiger partial charge in [-0.3, -0.25) is 0 Å². The van der Waals surface area contributed by atoms with Crippen LogP contribution in [-0.4, -0.2) is 32.0 Å². The van der Waals surface area contributed by atoms with Crippen LogP contribution in [0, 0.1) is 0 Å². The van der Waals surface area contributed by atoms with Crippen molar-refractivity contribution in [3.63, 3.8) is 0 Å². The quantitative estimate of drug-likeness (QED) is 0.228. The second-order valence-corrected chi connectivity index (χ2v) is 11.8. The number of alkyl halides is 3. The average Bonchev–Trinajstić information content (AvgIpc) is 3.55. The van der Waals surface area contributed by atoms with Gasteiger partial charge in [0.2, 0.25) is 0 Å². The Morgan fingerprint density at radius 3 is 2.40 bits per heavy atom. The molecule has 218 valence electrons. The Kier molecular flexibility index (Phi) is 6.27. The molecule has 1 N–H and O–H groups in total. The fraction of sp³-hybridized carbons (Fsp3) is 0.419. The van der Waals surface area contributed by atoms with Gasteiger partial charge >= 0.3 is 12.1 Å². The van der Waals surface area contributed by atoms with Crippen molar-refractivity contribution in [2.24, 2.45) is 0 Å². The Hall–Kier alpha value is -3.99. The van der Waals surface area contributed by atoms with Crippen molar-refractivity contribution in [1.29, 1.82) is 0 Å². The zero-order chi connectivity index (χ0) is 29.1. The molecule has 2 heterocycles. The molecule has 8 rings (SSSR count). The van der Waals surface area contributed by atoms with Crippen LogP contribution in [0.25, 0.3) is 22.7 Å². The molecule has 0 saturated heterocycles. The number of nitrogens with zero attached hydrogens (tertiary/aromatic N) is 3. The molecule has 2 aromatic heterocycles. The molecule has 4 aromatic rings. The molecule has 0 spiro atoms. The summed E-state index contributed by atoms with van der Waals surface area (Å²) in [6.07, 6.45) is 1.93. The van der Waals surface area contributed by atoms with Crippen molar-refractivity contribution in [1.82, 2.24) is 15.3 Å². The van der Waals surface area contributed by atoms with E-state index in [9.17, 15) is 23.1 Å². The summed E-state index contributed by atoms with van der Waals surface area (Å²) in [5.41, 5.74) is 0.112. The SMILES string of the molecule is O=C(O)c1cccc(-c2nc(C34CCC(OCc5c(-c6ccccc6C(F)(F)F)noc5C5CC5)(CC3)CC4)no2)c1. The fourth-order valence-electron chi connectivity index (χ4n) is 6.55. The van der Waals surface area contributed by atoms with E-state index in [0.29, 0.717) is 22.7 Å². The summed E-state index contributed by atoms with van der Waals surface area (Å²) < 4.78 is 59.3. The van der Waals surface area contributed by atoms with Crippen LogP contribution >= 0.6 is 0 Å². The van der Waals surface area contributed by atoms with Crippen LogP contribution in [0.5, 0.6) is 0 Å². The highest BCUT2D eigenvalue weighted by molar-refractivity contribution is 5.88. The van der Waals surface area contributed by atoms with Crippen molar-refractivity contribution in [2.45, 2.75) is 81.1 Å². The monoisotopic (exact) mass is 579 g/mol. The van der Waals surface area contributed by atoms with Gasteiger partial charge < -0.3 is 18.9 Å². The lowest BCUT2D eigenvalue weighted by atomic mass is 9.58. The number of aromatic nitrogens is 3. The Morgan fingerprint density at radius 1 is 0.976 bits per heavy atom. The number of benzene rings is 2. The summed E-state index contributed by atoms with van der Waals surface area (Å²) >= 11 is 0. The first-order valence-corrected chi connectivity index (χ1v) is 14.1. The van der Waals surface area contributed by atoms with Crippen molar-refractivity contribution in [2.75, 3.05) is 0 Å². The molecular formula is C31H28F3N3O5. The zero-order valence-electron chi connectivity index (χ0n) is 22.6. The van der Waals surface area contributed by atoms with E-state index in [1.165, 1.54) is 24.3 Å². The lowest BCUT2D eigenvalue weighted by Crippen LogP contribution is -2.50. The minimum Gasteiger partial charge on any atom is -0.478 e. The van der Waals surface area contributed by atoms with Gasteiger partial charge in [0, 0.05) is 28.0 Å². The first-order chi connectivity index (χ1) is 20.2. The summed E-state index contributed by atoms with van der Waals surface area (Å²) in [5, 5.41) is 17.7. The Labute approximate surface area is 238 Å². The third-order valence-electron chi connectivity index (χ3n) is 9.21. The molecule has 4 saturated carbocycles. The maximum absolute atomic E-state index is 13.8. The number of hydrogen-bond donors (Lipinski definition) is 1. The van der Waals surface area contributed by atoms with Crippen molar-refractivity contribution in [3.05, 3.63) is 76.8 Å². The first-order valence-electron chi connectivity index (χ1n) is 14.1. The smallest absolute Gasteiger partial charge is 0.417 e. The van der Waals surface area contributed by atoms with Crippen molar-refractivity contribution < 1.29 is 36.9 Å². The largest absolute Gasteiger partial charge is 0.478 e. The predicted molar refractivity (Wildman–Crippen MR) is 143 cm³/mol. The Bertz CT molecular complexity index is 1630. The molecule has 42 heavy (non-hydrogen) atoms. The van der Waals surface area contributed by atoms with Gasteiger partial charge in [0.05, 0.1) is 23.3 Å². The maximum Gasteiger partial charge on any atom is 0.417 e. The highest BCUT2D eigenvalue weighted by atomic mass is 19.4. The summed E-state index contributed by atoms with van der Waals surface area (Å²) in [5.74, 6) is 0.665. The van der Waals surface area contributed by atoms with Gasteiger partial charge in [-0.1, -0.05) is 34.6 Å². The molecule has 0 amide bonds. The van der Waals surface area contributed by atoms with E-state index >= 15 is 0 Å². The standard InChI is InChI=1S/C31H28F3N3O5/c32-31(33,34)23-7-2-1-6-21(23)24-22(25(41-36-24)18-8-9-18)17-40-30-13-10-29(11-14-30,12-15-30)28-35-26(42-37-28)19-4-3-5-20(16-19)27(38)39/h1-7,16,18H,8-15,17H2,(H,38,39). The van der Waals surface area contributed by atoms with Crippen LogP contribution in [0.1, 0.15) is 90.4 Å². The third kappa shape index (κ3) is 4.69. The molecule has 0 radical (unpaired) electrons. The number of hydrogen-bond acceptors (Lipinski definition) is 7. The van der Waals surface area contributed by atoms with E-state index in [2.05, 4.69) is 15.3 Å². The van der Waals surface area contributed by atoms with Crippen LogP contribution in [0.4, 0.5) is 13.2 Å². The fourth-order valence-corrected chi connectivity index (χ4v) is 6.55. The number of carboxylic acids is 1. The average molecular weight is 580 g/mol. The highest BCUT2D eigenvalue weighted by Gasteiger charge is 2.52. The highest BCUT2D eigenvalue weighted by Crippen LogP contribution is 2.55. The van der Waals surface area contributed by atoms with E-state index in [-0.39, 0.29) is 40.7 Å². The van der Waals surface area contributed by atoms with Crippen LogP contribution in [0.3, 0.4) is 0 Å². The molecule has 2 bridgehead atoms. The number of ether oxygens (including phenoxy) is 1. The first kappa shape index (κ1) is 26.9. The minimum atomic E-state index is -4.52. The van der Waals surface area contributed by atoms with Gasteiger partial charge in [0.15, 0.2) is 5.82 Å². The van der Waals surface area contributed by atoms with E-state index < -0.39 is 23.3 Å². The van der Waals surface area contributed by atoms with Crippen LogP contribution < -0.4 is 0 Å². The van der Waals surface area contributed by atoms with Crippen LogP contribution in [0.15, 0.2) is 57.6 Å². The molecule has 2 aromatic carbocycles. The summed E-state index contributed by atoms with van der Waals surface area (Å²) in [6, 6.07) is 11.9. The molecule has 0 aliphatic heterocycles. The van der Waals surface area contributed by atoms with Crippen molar-refractivity contribution in [3.8, 4) is 22.7 Å². The van der Waals surface area contributed by atoms with Gasteiger partial charge in [0.25, 0.3) is 5.89 Å². The number of rotatable bonds is 8. The van der Waals surface area contributed by atoms with E-state index in [0.717, 1.165) is 57.4 Å². The number of carboxylic acid groups (broad SMARTS) is 1. The molecular weight excluding hydrogens is 551 g/mol. The number of carbonyl (C=O) groups is 1. The maximum atomic E-state index is 13.8. The number of aromatic carboxylic acids is 1. The minimum absolute atomic E-state index is 0.00450. The van der Waals surface area contributed by atoms with Gasteiger partial charge in [0.1, 0.15) is 11.5 Å². The Morgan fingerprint density at radius 2 is 1.71 bits per heavy atom. The summed E-state index contributed by atoms with van der Waals surface area (Å²) in [7, 11) is 0.